The van der Waals surface area contributed by atoms with Gasteiger partial charge in [-0.05, 0) is 43.3 Å². The summed E-state index contributed by atoms with van der Waals surface area (Å²) in [6.45, 7) is 2.58. The van der Waals surface area contributed by atoms with Crippen molar-refractivity contribution in [2.45, 2.75) is 17.9 Å². The minimum atomic E-state index is -3.27. The lowest BCUT2D eigenvalue weighted by atomic mass is 10.2. The van der Waals surface area contributed by atoms with Gasteiger partial charge in [-0.25, -0.2) is 8.42 Å². The highest BCUT2D eigenvalue weighted by Crippen LogP contribution is 2.32. The van der Waals surface area contributed by atoms with Gasteiger partial charge in [0.25, 0.3) is 5.91 Å². The maximum Gasteiger partial charge on any atom is 0.265 e. The molecule has 138 valence electrons. The molecule has 0 radical (unpaired) electrons. The van der Waals surface area contributed by atoms with E-state index < -0.39 is 15.9 Å². The Labute approximate surface area is 151 Å². The summed E-state index contributed by atoms with van der Waals surface area (Å²) in [5.41, 5.74) is 0.571. The second-order valence-electron chi connectivity index (χ2n) is 5.85. The van der Waals surface area contributed by atoms with Crippen molar-refractivity contribution in [1.29, 1.82) is 0 Å². The lowest BCUT2D eigenvalue weighted by molar-refractivity contribution is -0.122. The monoisotopic (exact) mass is 377 g/mol. The van der Waals surface area contributed by atoms with E-state index in [1.165, 1.54) is 24.3 Å². The van der Waals surface area contributed by atoms with Crippen LogP contribution in [-0.2, 0) is 14.6 Å². The Kier molecular flexibility index (Phi) is 5.03. The molecule has 26 heavy (non-hydrogen) atoms. The fraction of sp³-hybridized carbons (Fsp3) is 0.278. The quantitative estimate of drug-likeness (QED) is 0.860. The highest BCUT2D eigenvalue weighted by molar-refractivity contribution is 7.90. The molecule has 0 spiro atoms. The van der Waals surface area contributed by atoms with E-state index in [4.69, 9.17) is 14.2 Å². The van der Waals surface area contributed by atoms with E-state index in [9.17, 15) is 13.2 Å². The van der Waals surface area contributed by atoms with Gasteiger partial charge in [-0.2, -0.15) is 0 Å². The molecule has 3 rings (SSSR count). The Morgan fingerprint density at radius 2 is 1.73 bits per heavy atom. The van der Waals surface area contributed by atoms with E-state index >= 15 is 0 Å². The maximum atomic E-state index is 12.3. The minimum Gasteiger partial charge on any atom is -0.486 e. The second kappa shape index (κ2) is 7.25. The first-order valence-electron chi connectivity index (χ1n) is 8.00. The van der Waals surface area contributed by atoms with Crippen molar-refractivity contribution in [1.82, 2.24) is 0 Å². The van der Waals surface area contributed by atoms with Crippen molar-refractivity contribution < 1.29 is 27.4 Å². The summed E-state index contributed by atoms with van der Waals surface area (Å²) < 4.78 is 39.4. The molecular formula is C18H19NO6S. The van der Waals surface area contributed by atoms with Crippen LogP contribution in [0.5, 0.6) is 17.2 Å². The molecule has 7 nitrogen and oxygen atoms in total. The largest absolute Gasteiger partial charge is 0.486 e. The molecule has 2 aromatic rings. The van der Waals surface area contributed by atoms with Crippen LogP contribution in [0.4, 0.5) is 5.69 Å². The van der Waals surface area contributed by atoms with Crippen LogP contribution < -0.4 is 19.5 Å². The van der Waals surface area contributed by atoms with Crippen molar-refractivity contribution in [2.24, 2.45) is 0 Å². The molecule has 0 bridgehead atoms. The van der Waals surface area contributed by atoms with Gasteiger partial charge in [0.05, 0.1) is 4.90 Å². The predicted octanol–water partition coefficient (Wildman–Crippen LogP) is 2.27. The third kappa shape index (κ3) is 4.26. The van der Waals surface area contributed by atoms with Gasteiger partial charge in [-0.1, -0.05) is 0 Å². The summed E-state index contributed by atoms with van der Waals surface area (Å²) in [4.78, 5) is 12.5. The Hall–Kier alpha value is -2.74. The van der Waals surface area contributed by atoms with Gasteiger partial charge < -0.3 is 19.5 Å². The van der Waals surface area contributed by atoms with Crippen molar-refractivity contribution in [3.8, 4) is 17.2 Å². The summed E-state index contributed by atoms with van der Waals surface area (Å²) in [6.07, 6.45) is 0.360. The molecule has 2 aromatic carbocycles. The average Bonchev–Trinajstić information content (AvgIpc) is 2.61. The Morgan fingerprint density at radius 3 is 2.38 bits per heavy atom. The maximum absolute atomic E-state index is 12.3. The summed E-state index contributed by atoms with van der Waals surface area (Å²) in [7, 11) is -3.27. The molecule has 0 aromatic heterocycles. The normalized spacial score (nSPS) is 14.4. The fourth-order valence-corrected chi connectivity index (χ4v) is 3.02. The van der Waals surface area contributed by atoms with E-state index in [0.29, 0.717) is 36.1 Å². The molecule has 0 saturated carbocycles. The summed E-state index contributed by atoms with van der Waals surface area (Å²) >= 11 is 0. The van der Waals surface area contributed by atoms with Gasteiger partial charge in [0.2, 0.25) is 0 Å². The zero-order chi connectivity index (χ0) is 18.7. The molecule has 0 unspecified atom stereocenters. The minimum absolute atomic E-state index is 0.193. The highest BCUT2D eigenvalue weighted by Gasteiger charge is 2.17. The van der Waals surface area contributed by atoms with Crippen molar-refractivity contribution in [3.63, 3.8) is 0 Å². The highest BCUT2D eigenvalue weighted by atomic mass is 32.2. The van der Waals surface area contributed by atoms with Crippen LogP contribution in [0.1, 0.15) is 6.92 Å². The average molecular weight is 377 g/mol. The predicted molar refractivity (Wildman–Crippen MR) is 95.7 cm³/mol. The molecule has 1 atom stereocenters. The number of nitrogens with one attached hydrogen (secondary N) is 1. The number of hydrogen-bond donors (Lipinski definition) is 1. The Balaban J connectivity index is 1.63. The van der Waals surface area contributed by atoms with Crippen molar-refractivity contribution in [2.75, 3.05) is 24.8 Å². The summed E-state index contributed by atoms with van der Waals surface area (Å²) in [5.74, 6) is 1.29. The first-order chi connectivity index (χ1) is 12.3. The third-order valence-corrected chi connectivity index (χ3v) is 4.87. The zero-order valence-corrected chi connectivity index (χ0v) is 15.2. The Bertz CT molecular complexity index is 908. The first kappa shape index (κ1) is 18.1. The summed E-state index contributed by atoms with van der Waals surface area (Å²) in [5, 5.41) is 2.75. The molecule has 0 saturated heterocycles. The van der Waals surface area contributed by atoms with E-state index in [2.05, 4.69) is 5.32 Å². The lowest BCUT2D eigenvalue weighted by Crippen LogP contribution is -2.30. The molecular weight excluding hydrogens is 358 g/mol. The number of sulfone groups is 1. The van der Waals surface area contributed by atoms with Gasteiger partial charge in [0.1, 0.15) is 19.0 Å². The molecule has 1 heterocycles. The van der Waals surface area contributed by atoms with Gasteiger partial charge in [-0.3, -0.25) is 4.79 Å². The first-order valence-corrected chi connectivity index (χ1v) is 9.89. The van der Waals surface area contributed by atoms with Crippen LogP contribution in [0.25, 0.3) is 0 Å². The number of hydrogen-bond acceptors (Lipinski definition) is 6. The third-order valence-electron chi connectivity index (χ3n) is 3.74. The number of rotatable bonds is 5. The van der Waals surface area contributed by atoms with Gasteiger partial charge in [0.15, 0.2) is 27.4 Å². The number of fused-ring (bicyclic) bond motifs is 1. The SMILES string of the molecule is C[C@H](Oc1ccc(S(C)(=O)=O)cc1)C(=O)Nc1ccc2c(c1)OCCO2. The van der Waals surface area contributed by atoms with E-state index in [0.717, 1.165) is 6.26 Å². The number of anilines is 1. The number of benzene rings is 2. The smallest absolute Gasteiger partial charge is 0.265 e. The van der Waals surface area contributed by atoms with Crippen LogP contribution in [0.3, 0.4) is 0 Å². The van der Waals surface area contributed by atoms with Crippen LogP contribution in [0, 0.1) is 0 Å². The van der Waals surface area contributed by atoms with Gasteiger partial charge >= 0.3 is 0 Å². The number of amides is 1. The van der Waals surface area contributed by atoms with Crippen LogP contribution in [-0.4, -0.2) is 39.9 Å². The lowest BCUT2D eigenvalue weighted by Gasteiger charge is -2.19. The number of carbonyl (C=O) groups is 1. The topological polar surface area (TPSA) is 90.9 Å². The zero-order valence-electron chi connectivity index (χ0n) is 14.4. The standard InChI is InChI=1S/C18H19NO6S/c1-12(25-14-4-6-15(7-5-14)26(2,21)22)18(20)19-13-3-8-16-17(11-13)24-10-9-23-16/h3-8,11-12H,9-10H2,1-2H3,(H,19,20)/t12-/m0/s1. The molecule has 1 aliphatic rings. The molecule has 8 heteroatoms. The van der Waals surface area contributed by atoms with E-state index in [1.54, 1.807) is 25.1 Å². The van der Waals surface area contributed by atoms with Gasteiger partial charge in [0, 0.05) is 18.0 Å². The van der Waals surface area contributed by atoms with Crippen LogP contribution >= 0.6 is 0 Å². The van der Waals surface area contributed by atoms with Crippen molar-refractivity contribution in [3.05, 3.63) is 42.5 Å². The second-order valence-corrected chi connectivity index (χ2v) is 7.87. The Morgan fingerprint density at radius 1 is 1.08 bits per heavy atom. The molecule has 1 amide bonds. The number of ether oxygens (including phenoxy) is 3. The fourth-order valence-electron chi connectivity index (χ4n) is 2.39. The summed E-state index contributed by atoms with van der Waals surface area (Å²) in [6, 6.07) is 11.1. The molecule has 0 aliphatic carbocycles. The molecule has 1 aliphatic heterocycles. The van der Waals surface area contributed by atoms with Crippen LogP contribution in [0.2, 0.25) is 0 Å². The van der Waals surface area contributed by atoms with Gasteiger partial charge in [-0.15, -0.1) is 0 Å². The van der Waals surface area contributed by atoms with E-state index in [1.807, 2.05) is 0 Å². The molecule has 1 N–H and O–H groups in total. The number of carbonyl (C=O) groups excluding carboxylic acids is 1. The van der Waals surface area contributed by atoms with Crippen LogP contribution in [0.15, 0.2) is 47.4 Å². The van der Waals surface area contributed by atoms with E-state index in [-0.39, 0.29) is 10.8 Å². The van der Waals surface area contributed by atoms with Crippen molar-refractivity contribution >= 4 is 21.4 Å². The molecule has 0 fully saturated rings.